The molecular weight excluding hydrogens is 150 g/mol. The number of hydrogen-bond donors (Lipinski definition) is 2. The van der Waals surface area contributed by atoms with Gasteiger partial charge in [-0.2, -0.15) is 0 Å². The molecule has 0 aliphatic carbocycles. The highest BCUT2D eigenvalue weighted by Gasteiger charge is 1.95. The standard InChI is InChI=1S/C8H10O.C2H5N/c1-6-4-3-5-7(2)8(6)9;1-2-3-1/h3-5,9H,1-2H3;3H,1-2H2. The molecule has 12 heavy (non-hydrogen) atoms. The number of nitrogens with one attached hydrogen (secondary N) is 1. The SMILES string of the molecule is C1CN1.Cc1cccc(C)c1O. The Balaban J connectivity index is 0.000000200. The maximum atomic E-state index is 9.21. The lowest BCUT2D eigenvalue weighted by molar-refractivity contribution is 0.467. The minimum atomic E-state index is 0.414. The van der Waals surface area contributed by atoms with Crippen molar-refractivity contribution in [3.05, 3.63) is 29.3 Å². The molecule has 1 aliphatic heterocycles. The second kappa shape index (κ2) is 4.12. The predicted molar refractivity (Wildman–Crippen MR) is 50.5 cm³/mol. The smallest absolute Gasteiger partial charge is 0.121 e. The quantitative estimate of drug-likeness (QED) is 0.573. The highest BCUT2D eigenvalue weighted by Crippen LogP contribution is 2.19. The average Bonchev–Trinajstić information content (AvgIpc) is 2.85. The molecule has 2 heteroatoms. The number of para-hydroxylation sites is 1. The fourth-order valence-corrected chi connectivity index (χ4v) is 0.806. The molecule has 0 radical (unpaired) electrons. The van der Waals surface area contributed by atoms with E-state index >= 15 is 0 Å². The fraction of sp³-hybridized carbons (Fsp3) is 0.400. The molecular formula is C10H15NO. The summed E-state index contributed by atoms with van der Waals surface area (Å²) in [7, 11) is 0. The molecule has 0 atom stereocenters. The molecule has 0 saturated carbocycles. The summed E-state index contributed by atoms with van der Waals surface area (Å²) in [5.74, 6) is 0.414. The Morgan fingerprint density at radius 1 is 1.17 bits per heavy atom. The Bertz CT molecular complexity index is 233. The Labute approximate surface area is 73.2 Å². The first-order valence-electron chi connectivity index (χ1n) is 4.17. The van der Waals surface area contributed by atoms with E-state index in [9.17, 15) is 5.11 Å². The number of hydrogen-bond acceptors (Lipinski definition) is 2. The van der Waals surface area contributed by atoms with Crippen molar-refractivity contribution in [2.45, 2.75) is 13.8 Å². The first-order chi connectivity index (χ1) is 5.72. The molecule has 1 aromatic rings. The van der Waals surface area contributed by atoms with E-state index in [1.54, 1.807) is 0 Å². The van der Waals surface area contributed by atoms with E-state index in [0.717, 1.165) is 11.1 Å². The maximum Gasteiger partial charge on any atom is 0.121 e. The Hall–Kier alpha value is -1.02. The summed E-state index contributed by atoms with van der Waals surface area (Å²) >= 11 is 0. The van der Waals surface area contributed by atoms with Gasteiger partial charge in [0.2, 0.25) is 0 Å². The van der Waals surface area contributed by atoms with Crippen LogP contribution in [-0.2, 0) is 0 Å². The normalized spacial score (nSPS) is 13.2. The zero-order valence-electron chi connectivity index (χ0n) is 7.59. The zero-order valence-corrected chi connectivity index (χ0v) is 7.59. The van der Waals surface area contributed by atoms with Crippen LogP contribution < -0.4 is 5.32 Å². The first kappa shape index (κ1) is 9.07. The highest BCUT2D eigenvalue weighted by molar-refractivity contribution is 5.37. The van der Waals surface area contributed by atoms with E-state index in [1.807, 2.05) is 32.0 Å². The molecule has 0 unspecified atom stereocenters. The van der Waals surface area contributed by atoms with E-state index in [1.165, 1.54) is 13.1 Å². The lowest BCUT2D eigenvalue weighted by Gasteiger charge is -1.99. The Kier molecular flexibility index (Phi) is 3.11. The van der Waals surface area contributed by atoms with Crippen LogP contribution in [0.2, 0.25) is 0 Å². The van der Waals surface area contributed by atoms with Gasteiger partial charge in [-0.15, -0.1) is 0 Å². The van der Waals surface area contributed by atoms with Gasteiger partial charge in [0.15, 0.2) is 0 Å². The molecule has 2 nitrogen and oxygen atoms in total. The molecule has 1 saturated heterocycles. The van der Waals surface area contributed by atoms with Gasteiger partial charge in [0.05, 0.1) is 0 Å². The van der Waals surface area contributed by atoms with E-state index < -0.39 is 0 Å². The van der Waals surface area contributed by atoms with Gasteiger partial charge >= 0.3 is 0 Å². The van der Waals surface area contributed by atoms with Crippen LogP contribution in [0.4, 0.5) is 0 Å². The summed E-state index contributed by atoms with van der Waals surface area (Å²) in [6, 6.07) is 5.72. The van der Waals surface area contributed by atoms with E-state index in [4.69, 9.17) is 0 Å². The molecule has 2 N–H and O–H groups in total. The molecule has 1 fully saturated rings. The fourth-order valence-electron chi connectivity index (χ4n) is 0.806. The average molecular weight is 165 g/mol. The minimum Gasteiger partial charge on any atom is -0.507 e. The van der Waals surface area contributed by atoms with Crippen molar-refractivity contribution >= 4 is 0 Å². The third-order valence-electron chi connectivity index (χ3n) is 1.69. The van der Waals surface area contributed by atoms with Crippen molar-refractivity contribution in [2.24, 2.45) is 0 Å². The van der Waals surface area contributed by atoms with Gasteiger partial charge < -0.3 is 10.4 Å². The summed E-state index contributed by atoms with van der Waals surface area (Å²) in [5.41, 5.74) is 1.88. The zero-order chi connectivity index (χ0) is 8.97. The molecule has 0 amide bonds. The van der Waals surface area contributed by atoms with Gasteiger partial charge in [0, 0.05) is 13.1 Å². The molecule has 2 rings (SSSR count). The first-order valence-corrected chi connectivity index (χ1v) is 4.17. The third-order valence-corrected chi connectivity index (χ3v) is 1.69. The van der Waals surface area contributed by atoms with Gasteiger partial charge in [-0.3, -0.25) is 0 Å². The molecule has 1 aliphatic rings. The largest absolute Gasteiger partial charge is 0.507 e. The molecule has 0 spiro atoms. The van der Waals surface area contributed by atoms with Crippen LogP contribution in [0.5, 0.6) is 5.75 Å². The topological polar surface area (TPSA) is 42.2 Å². The number of rotatable bonds is 0. The van der Waals surface area contributed by atoms with Gasteiger partial charge in [-0.25, -0.2) is 0 Å². The highest BCUT2D eigenvalue weighted by atomic mass is 16.3. The van der Waals surface area contributed by atoms with E-state index in [-0.39, 0.29) is 0 Å². The molecule has 66 valence electrons. The summed E-state index contributed by atoms with van der Waals surface area (Å²) in [4.78, 5) is 0. The van der Waals surface area contributed by atoms with Crippen LogP contribution in [0, 0.1) is 13.8 Å². The van der Waals surface area contributed by atoms with Gasteiger partial charge in [-0.1, -0.05) is 18.2 Å². The third kappa shape index (κ3) is 2.93. The monoisotopic (exact) mass is 165 g/mol. The van der Waals surface area contributed by atoms with Crippen LogP contribution in [0.1, 0.15) is 11.1 Å². The number of phenolic OH excluding ortho intramolecular Hbond substituents is 1. The van der Waals surface area contributed by atoms with Crippen LogP contribution in [-0.4, -0.2) is 18.2 Å². The number of benzene rings is 1. The van der Waals surface area contributed by atoms with E-state index in [2.05, 4.69) is 5.32 Å². The van der Waals surface area contributed by atoms with Crippen molar-refractivity contribution in [3.8, 4) is 5.75 Å². The lowest BCUT2D eigenvalue weighted by Crippen LogP contribution is -1.76. The van der Waals surface area contributed by atoms with Crippen LogP contribution in [0.15, 0.2) is 18.2 Å². The summed E-state index contributed by atoms with van der Waals surface area (Å²) in [6.07, 6.45) is 0. The number of aryl methyl sites for hydroxylation is 2. The van der Waals surface area contributed by atoms with Gasteiger partial charge in [0.1, 0.15) is 5.75 Å². The van der Waals surface area contributed by atoms with Crippen molar-refractivity contribution in [2.75, 3.05) is 13.1 Å². The van der Waals surface area contributed by atoms with E-state index in [0.29, 0.717) is 5.75 Å². The molecule has 0 bridgehead atoms. The second-order valence-corrected chi connectivity index (χ2v) is 2.99. The van der Waals surface area contributed by atoms with Crippen LogP contribution in [0.25, 0.3) is 0 Å². The van der Waals surface area contributed by atoms with Gasteiger partial charge in [0.25, 0.3) is 0 Å². The molecule has 1 heterocycles. The van der Waals surface area contributed by atoms with Crippen molar-refractivity contribution in [1.29, 1.82) is 0 Å². The lowest BCUT2D eigenvalue weighted by atomic mass is 10.1. The van der Waals surface area contributed by atoms with Gasteiger partial charge in [-0.05, 0) is 25.0 Å². The predicted octanol–water partition coefficient (Wildman–Crippen LogP) is 1.60. The van der Waals surface area contributed by atoms with Crippen molar-refractivity contribution in [1.82, 2.24) is 5.32 Å². The van der Waals surface area contributed by atoms with Crippen LogP contribution in [0.3, 0.4) is 0 Å². The van der Waals surface area contributed by atoms with Crippen molar-refractivity contribution < 1.29 is 5.11 Å². The summed E-state index contributed by atoms with van der Waals surface area (Å²) in [5, 5.41) is 12.2. The molecule has 0 aromatic heterocycles. The number of phenols is 1. The summed E-state index contributed by atoms with van der Waals surface area (Å²) < 4.78 is 0. The van der Waals surface area contributed by atoms with Crippen molar-refractivity contribution in [3.63, 3.8) is 0 Å². The second-order valence-electron chi connectivity index (χ2n) is 2.99. The Morgan fingerprint density at radius 2 is 1.58 bits per heavy atom. The minimum absolute atomic E-state index is 0.414. The molecule has 1 aromatic carbocycles. The maximum absolute atomic E-state index is 9.21. The number of aromatic hydroxyl groups is 1. The summed E-state index contributed by atoms with van der Waals surface area (Å²) in [6.45, 7) is 6.28. The Morgan fingerprint density at radius 3 is 1.83 bits per heavy atom. The van der Waals surface area contributed by atoms with Crippen LogP contribution >= 0.6 is 0 Å².